The molecule has 4 rings (SSSR count). The normalized spacial score (nSPS) is 24.7. The van der Waals surface area contributed by atoms with Gasteiger partial charge in [-0.25, -0.2) is 0 Å². The molecular weight excluding hydrogens is 674 g/mol. The Kier molecular flexibility index (Phi) is 14.5. The maximum atomic E-state index is 15.1. The first-order valence-corrected chi connectivity index (χ1v) is 19.3. The molecule has 11 heteroatoms. The van der Waals surface area contributed by atoms with Gasteiger partial charge in [0, 0.05) is 38.8 Å². The zero-order chi connectivity index (χ0) is 39.0. The molecule has 294 valence electrons. The van der Waals surface area contributed by atoms with Crippen LogP contribution in [0.15, 0.2) is 55.6 Å². The van der Waals surface area contributed by atoms with Crippen LogP contribution in [0.25, 0.3) is 0 Å². The van der Waals surface area contributed by atoms with Crippen molar-refractivity contribution >= 4 is 23.7 Å². The molecule has 11 nitrogen and oxygen atoms in total. The number of benzene rings is 1. The van der Waals surface area contributed by atoms with Gasteiger partial charge in [0.15, 0.2) is 0 Å². The molecule has 53 heavy (non-hydrogen) atoms. The van der Waals surface area contributed by atoms with Crippen molar-refractivity contribution in [2.75, 3.05) is 33.4 Å². The van der Waals surface area contributed by atoms with Crippen molar-refractivity contribution in [3.05, 3.63) is 61.2 Å². The van der Waals surface area contributed by atoms with Crippen molar-refractivity contribution in [2.45, 2.75) is 128 Å². The molecule has 2 bridgehead atoms. The van der Waals surface area contributed by atoms with Crippen LogP contribution in [0.2, 0.25) is 0 Å². The predicted octanol–water partition coefficient (Wildman–Crippen LogP) is 5.53. The van der Waals surface area contributed by atoms with Crippen LogP contribution in [0, 0.1) is 17.3 Å². The van der Waals surface area contributed by atoms with E-state index in [0.717, 1.165) is 12.8 Å². The zero-order valence-electron chi connectivity index (χ0n) is 32.8. The monoisotopic (exact) mass is 737 g/mol. The summed E-state index contributed by atoms with van der Waals surface area (Å²) < 4.78 is 18.6. The van der Waals surface area contributed by atoms with E-state index in [9.17, 15) is 19.5 Å². The van der Waals surface area contributed by atoms with Gasteiger partial charge in [0.1, 0.15) is 17.7 Å². The fourth-order valence-electron chi connectivity index (χ4n) is 9.12. The minimum Gasteiger partial charge on any atom is -0.455 e. The summed E-state index contributed by atoms with van der Waals surface area (Å²) in [4.78, 5) is 60.8. The number of nitrogens with one attached hydrogen (secondary N) is 1. The lowest BCUT2D eigenvalue weighted by Gasteiger charge is -2.45. The molecule has 3 heterocycles. The third kappa shape index (κ3) is 9.59. The third-order valence-corrected chi connectivity index (χ3v) is 10.9. The first kappa shape index (κ1) is 42.2. The SMILES string of the molecule is C=CCCC(=O)N[C@H](COC)[C@H](OC(=O)[C@@H]1[C@@H]2CC[C@]3(O2)[C@H](C(=O)N(CC=C)C(C)(C)CC(C)(C)C)N(CCCCCCO)C(=O)[C@@H]13)c1ccccc1. The highest BCUT2D eigenvalue weighted by Crippen LogP contribution is 2.59. The molecule has 2 N–H and O–H groups in total. The van der Waals surface area contributed by atoms with Gasteiger partial charge < -0.3 is 34.4 Å². The number of amides is 3. The van der Waals surface area contributed by atoms with E-state index in [2.05, 4.69) is 39.2 Å². The lowest BCUT2D eigenvalue weighted by Crippen LogP contribution is -2.61. The zero-order valence-corrected chi connectivity index (χ0v) is 32.8. The lowest BCUT2D eigenvalue weighted by molar-refractivity contribution is -0.163. The van der Waals surface area contributed by atoms with Gasteiger partial charge in [-0.3, -0.25) is 19.2 Å². The summed E-state index contributed by atoms with van der Waals surface area (Å²) in [6, 6.07) is 7.55. The Bertz CT molecular complexity index is 1440. The summed E-state index contributed by atoms with van der Waals surface area (Å²) in [5, 5.41) is 12.3. The molecule has 7 atom stereocenters. The van der Waals surface area contributed by atoms with Crippen LogP contribution in [-0.4, -0.2) is 101 Å². The second-order valence-corrected chi connectivity index (χ2v) is 16.7. The van der Waals surface area contributed by atoms with Gasteiger partial charge in [-0.05, 0) is 63.4 Å². The summed E-state index contributed by atoms with van der Waals surface area (Å²) in [7, 11) is 1.52. The smallest absolute Gasteiger partial charge is 0.313 e. The van der Waals surface area contributed by atoms with Crippen LogP contribution in [0.5, 0.6) is 0 Å². The highest BCUT2D eigenvalue weighted by atomic mass is 16.6. The predicted molar refractivity (Wildman–Crippen MR) is 203 cm³/mol. The molecule has 0 saturated carbocycles. The number of hydrogen-bond donors (Lipinski definition) is 2. The number of esters is 1. The van der Waals surface area contributed by atoms with Crippen molar-refractivity contribution in [1.29, 1.82) is 0 Å². The van der Waals surface area contributed by atoms with Gasteiger partial charge in [-0.2, -0.15) is 0 Å². The first-order chi connectivity index (χ1) is 25.2. The molecule has 1 aromatic carbocycles. The number of fused-ring (bicyclic) bond motifs is 1. The van der Waals surface area contributed by atoms with E-state index in [1.54, 1.807) is 17.1 Å². The van der Waals surface area contributed by atoms with Gasteiger partial charge in [0.25, 0.3) is 0 Å². The highest BCUT2D eigenvalue weighted by molar-refractivity contribution is 5.98. The average Bonchev–Trinajstić information content (AvgIpc) is 3.74. The van der Waals surface area contributed by atoms with E-state index in [1.807, 2.05) is 49.1 Å². The molecule has 3 aliphatic rings. The fourth-order valence-corrected chi connectivity index (χ4v) is 9.12. The Morgan fingerprint density at radius 3 is 2.42 bits per heavy atom. The molecule has 0 aromatic heterocycles. The molecule has 3 aliphatic heterocycles. The van der Waals surface area contributed by atoms with Gasteiger partial charge in [-0.1, -0.05) is 76.1 Å². The molecular formula is C42H63N3O8. The van der Waals surface area contributed by atoms with Crippen molar-refractivity contribution < 1.29 is 38.5 Å². The number of aliphatic hydroxyl groups excluding tert-OH is 1. The Balaban J connectivity index is 1.71. The van der Waals surface area contributed by atoms with Crippen LogP contribution in [-0.2, 0) is 33.4 Å². The standard InChI is InChI=1S/C42H63N3O8/c1-9-11-21-32(47)43-30(27-51-8)35(29-19-15-14-16-20-29)52-39(50)33-31-22-23-42(53-31)34(33)37(48)44(25-17-12-13-18-26-46)36(42)38(49)45(24-10-2)41(6,7)28-40(3,4)5/h9-10,14-16,19-20,30-31,33-36,46H,1-2,11-13,17-18,21-28H2,3-8H3,(H,43,47)/t30-,31+,33-,34-,35-,36+,42-/m1/s1. The number of ether oxygens (including phenoxy) is 3. The van der Waals surface area contributed by atoms with E-state index in [1.165, 1.54) is 7.11 Å². The van der Waals surface area contributed by atoms with E-state index >= 15 is 4.79 Å². The van der Waals surface area contributed by atoms with Crippen LogP contribution >= 0.6 is 0 Å². The Hall–Kier alpha value is -3.54. The molecule has 0 aliphatic carbocycles. The van der Waals surface area contributed by atoms with E-state index in [0.29, 0.717) is 57.2 Å². The summed E-state index contributed by atoms with van der Waals surface area (Å²) >= 11 is 0. The van der Waals surface area contributed by atoms with Gasteiger partial charge in [0.2, 0.25) is 17.7 Å². The number of hydrogen-bond acceptors (Lipinski definition) is 8. The summed E-state index contributed by atoms with van der Waals surface area (Å²) in [6.07, 6.45) is 7.14. The highest BCUT2D eigenvalue weighted by Gasteiger charge is 2.75. The van der Waals surface area contributed by atoms with Crippen molar-refractivity contribution in [3.63, 3.8) is 0 Å². The van der Waals surface area contributed by atoms with E-state index < -0.39 is 53.2 Å². The van der Waals surface area contributed by atoms with Crippen LogP contribution in [0.3, 0.4) is 0 Å². The average molecular weight is 738 g/mol. The number of allylic oxidation sites excluding steroid dienone is 1. The number of carbonyl (C=O) groups is 4. The number of rotatable bonds is 21. The van der Waals surface area contributed by atoms with Crippen molar-refractivity contribution in [2.24, 2.45) is 17.3 Å². The number of unbranched alkanes of at least 4 members (excludes halogenated alkanes) is 3. The molecule has 3 saturated heterocycles. The minimum absolute atomic E-state index is 0.0771. The van der Waals surface area contributed by atoms with Crippen molar-refractivity contribution in [1.82, 2.24) is 15.1 Å². The largest absolute Gasteiger partial charge is 0.455 e. The quantitative estimate of drug-likeness (QED) is 0.0957. The molecule has 0 unspecified atom stereocenters. The molecule has 1 spiro atoms. The summed E-state index contributed by atoms with van der Waals surface area (Å²) in [5.41, 5.74) is -1.18. The number of methoxy groups -OCH3 is 1. The summed E-state index contributed by atoms with van der Waals surface area (Å²) in [5.74, 6) is -3.15. The first-order valence-electron chi connectivity index (χ1n) is 19.3. The maximum Gasteiger partial charge on any atom is 0.313 e. The van der Waals surface area contributed by atoms with E-state index in [-0.39, 0.29) is 42.8 Å². The molecule has 0 radical (unpaired) electrons. The van der Waals surface area contributed by atoms with Gasteiger partial charge >= 0.3 is 5.97 Å². The third-order valence-electron chi connectivity index (χ3n) is 10.9. The number of carbonyl (C=O) groups excluding carboxylic acids is 4. The fraction of sp³-hybridized carbons (Fsp3) is 0.667. The molecule has 3 fully saturated rings. The summed E-state index contributed by atoms with van der Waals surface area (Å²) in [6.45, 7) is 19.0. The van der Waals surface area contributed by atoms with E-state index in [4.69, 9.17) is 14.2 Å². The van der Waals surface area contributed by atoms with Gasteiger partial charge in [0.05, 0.1) is 30.6 Å². The molecule has 1 aromatic rings. The Morgan fingerprint density at radius 2 is 1.79 bits per heavy atom. The number of nitrogens with zero attached hydrogens (tertiary/aromatic N) is 2. The molecule has 3 amide bonds. The lowest BCUT2D eigenvalue weighted by atomic mass is 9.70. The van der Waals surface area contributed by atoms with Crippen LogP contribution in [0.1, 0.15) is 104 Å². The van der Waals surface area contributed by atoms with Crippen LogP contribution < -0.4 is 5.32 Å². The minimum atomic E-state index is -1.20. The van der Waals surface area contributed by atoms with Gasteiger partial charge in [-0.15, -0.1) is 13.2 Å². The van der Waals surface area contributed by atoms with Crippen LogP contribution in [0.4, 0.5) is 0 Å². The number of likely N-dealkylation sites (tertiary alicyclic amines) is 1. The second-order valence-electron chi connectivity index (χ2n) is 16.7. The van der Waals surface area contributed by atoms with Crippen molar-refractivity contribution in [3.8, 4) is 0 Å². The maximum absolute atomic E-state index is 15.1. The second kappa shape index (κ2) is 18.2. The number of aliphatic hydroxyl groups is 1. The Labute approximate surface area is 316 Å². The Morgan fingerprint density at radius 1 is 1.09 bits per heavy atom. The topological polar surface area (TPSA) is 135 Å².